The molecular weight excluding hydrogens is 278 g/mol. The third-order valence-electron chi connectivity index (χ3n) is 3.82. The first-order chi connectivity index (χ1) is 9.97. The zero-order chi connectivity index (χ0) is 15.4. The van der Waals surface area contributed by atoms with Gasteiger partial charge in [-0.25, -0.2) is 9.59 Å². The van der Waals surface area contributed by atoms with Crippen LogP contribution < -0.4 is 16.4 Å². The normalized spacial score (nSPS) is 26.1. The maximum atomic E-state index is 11.9. The molecule has 21 heavy (non-hydrogen) atoms. The van der Waals surface area contributed by atoms with Crippen molar-refractivity contribution in [3.63, 3.8) is 0 Å². The van der Waals surface area contributed by atoms with Crippen LogP contribution >= 0.6 is 0 Å². The summed E-state index contributed by atoms with van der Waals surface area (Å²) in [6.45, 7) is 0.607. The van der Waals surface area contributed by atoms with Crippen LogP contribution in [0.5, 0.6) is 0 Å². The zero-order valence-electron chi connectivity index (χ0n) is 11.7. The van der Waals surface area contributed by atoms with Crippen LogP contribution in [0.2, 0.25) is 0 Å². The van der Waals surface area contributed by atoms with E-state index >= 15 is 0 Å². The first-order valence-electron chi connectivity index (χ1n) is 7.17. The van der Waals surface area contributed by atoms with E-state index in [-0.39, 0.29) is 25.0 Å². The average molecular weight is 299 g/mol. The van der Waals surface area contributed by atoms with E-state index in [0.29, 0.717) is 12.5 Å². The van der Waals surface area contributed by atoms with Gasteiger partial charge >= 0.3 is 12.0 Å². The maximum Gasteiger partial charge on any atom is 0.326 e. The number of hydrogen-bond donors (Lipinski definition) is 4. The van der Waals surface area contributed by atoms with E-state index in [2.05, 4.69) is 10.6 Å². The second-order valence-corrected chi connectivity index (χ2v) is 5.58. The van der Waals surface area contributed by atoms with Crippen LogP contribution in [0.1, 0.15) is 32.1 Å². The lowest BCUT2D eigenvalue weighted by molar-refractivity contribution is -0.139. The fourth-order valence-corrected chi connectivity index (χ4v) is 2.57. The molecule has 2 aliphatic rings. The predicted molar refractivity (Wildman–Crippen MR) is 72.4 cm³/mol. The molecule has 8 heteroatoms. The molecular formula is C13H21N3O5. The number of carboxylic acid groups (broad SMARTS) is 1. The molecule has 118 valence electrons. The van der Waals surface area contributed by atoms with Gasteiger partial charge in [0.05, 0.1) is 12.1 Å². The number of aliphatic carboxylic acids is 1. The molecule has 0 aromatic rings. The highest BCUT2D eigenvalue weighted by molar-refractivity contribution is 5.83. The standard InChI is InChI=1S/C13H21N3O5/c14-10(17)4-3-9(12(18)19)16-13(20)15-8-5-6-21-11(8)7-1-2-7/h7-9,11H,1-6H2,(H2,14,17)(H,18,19)(H2,15,16,20). The molecule has 3 unspecified atom stereocenters. The van der Waals surface area contributed by atoms with Crippen molar-refractivity contribution in [2.45, 2.75) is 50.3 Å². The van der Waals surface area contributed by atoms with Gasteiger partial charge in [-0.1, -0.05) is 0 Å². The summed E-state index contributed by atoms with van der Waals surface area (Å²) in [7, 11) is 0. The molecule has 1 saturated heterocycles. The fourth-order valence-electron chi connectivity index (χ4n) is 2.57. The predicted octanol–water partition coefficient (Wildman–Crippen LogP) is -0.428. The molecule has 1 aliphatic heterocycles. The van der Waals surface area contributed by atoms with E-state index in [1.54, 1.807) is 0 Å². The number of carbonyl (C=O) groups excluding carboxylic acids is 2. The van der Waals surface area contributed by atoms with Crippen LogP contribution in [0, 0.1) is 5.92 Å². The van der Waals surface area contributed by atoms with Gasteiger partial charge in [0.25, 0.3) is 0 Å². The van der Waals surface area contributed by atoms with E-state index in [9.17, 15) is 14.4 Å². The van der Waals surface area contributed by atoms with Crippen molar-refractivity contribution in [2.24, 2.45) is 11.7 Å². The first-order valence-corrected chi connectivity index (χ1v) is 7.17. The van der Waals surface area contributed by atoms with Crippen LogP contribution in [0.3, 0.4) is 0 Å². The molecule has 0 bridgehead atoms. The largest absolute Gasteiger partial charge is 0.480 e. The highest BCUT2D eigenvalue weighted by atomic mass is 16.5. The first kappa shape index (κ1) is 15.6. The van der Waals surface area contributed by atoms with Crippen molar-refractivity contribution in [2.75, 3.05) is 6.61 Å². The Hall–Kier alpha value is -1.83. The topological polar surface area (TPSA) is 131 Å². The van der Waals surface area contributed by atoms with E-state index in [1.807, 2.05) is 0 Å². The summed E-state index contributed by atoms with van der Waals surface area (Å²) in [4.78, 5) is 33.6. The van der Waals surface area contributed by atoms with Gasteiger partial charge in [-0.2, -0.15) is 0 Å². The highest BCUT2D eigenvalue weighted by Crippen LogP contribution is 2.38. The number of hydrogen-bond acceptors (Lipinski definition) is 4. The van der Waals surface area contributed by atoms with Gasteiger partial charge < -0.3 is 26.2 Å². The Morgan fingerprint density at radius 2 is 2.00 bits per heavy atom. The van der Waals surface area contributed by atoms with Gasteiger partial charge in [0.2, 0.25) is 5.91 Å². The minimum absolute atomic E-state index is 0.0225. The molecule has 1 aliphatic carbocycles. The smallest absolute Gasteiger partial charge is 0.326 e. The highest BCUT2D eigenvalue weighted by Gasteiger charge is 2.41. The molecule has 0 aromatic carbocycles. The SMILES string of the molecule is NC(=O)CCC(NC(=O)NC1CCOC1C1CC1)C(=O)O. The fraction of sp³-hybridized carbons (Fsp3) is 0.769. The summed E-state index contributed by atoms with van der Waals surface area (Å²) >= 11 is 0. The molecule has 1 saturated carbocycles. The Bertz CT molecular complexity index is 424. The second-order valence-electron chi connectivity index (χ2n) is 5.58. The van der Waals surface area contributed by atoms with Gasteiger partial charge in [0.15, 0.2) is 0 Å². The average Bonchev–Trinajstić information content (AvgIpc) is 3.15. The number of ether oxygens (including phenoxy) is 1. The van der Waals surface area contributed by atoms with Crippen molar-refractivity contribution in [3.05, 3.63) is 0 Å². The van der Waals surface area contributed by atoms with Crippen molar-refractivity contribution >= 4 is 17.9 Å². The summed E-state index contributed by atoms with van der Waals surface area (Å²) < 4.78 is 5.60. The van der Waals surface area contributed by atoms with Crippen LogP contribution in [0.4, 0.5) is 4.79 Å². The zero-order valence-corrected chi connectivity index (χ0v) is 11.7. The van der Waals surface area contributed by atoms with Gasteiger partial charge in [0.1, 0.15) is 6.04 Å². The van der Waals surface area contributed by atoms with Crippen LogP contribution in [0.15, 0.2) is 0 Å². The van der Waals surface area contributed by atoms with Gasteiger partial charge in [-0.15, -0.1) is 0 Å². The van der Waals surface area contributed by atoms with Crippen LogP contribution in [-0.4, -0.2) is 47.8 Å². The molecule has 2 rings (SSSR count). The lowest BCUT2D eigenvalue weighted by Gasteiger charge is -2.21. The lowest BCUT2D eigenvalue weighted by atomic mass is 10.1. The van der Waals surface area contributed by atoms with Crippen molar-refractivity contribution in [3.8, 4) is 0 Å². The number of rotatable bonds is 7. The van der Waals surface area contributed by atoms with Gasteiger partial charge in [0, 0.05) is 13.0 Å². The number of carboxylic acids is 1. The molecule has 8 nitrogen and oxygen atoms in total. The summed E-state index contributed by atoms with van der Waals surface area (Å²) in [6, 6.07) is -1.75. The third kappa shape index (κ3) is 4.59. The second kappa shape index (κ2) is 6.75. The van der Waals surface area contributed by atoms with Gasteiger partial charge in [-0.3, -0.25) is 4.79 Å². The number of urea groups is 1. The molecule has 0 aromatic heterocycles. The molecule has 3 amide bonds. The van der Waals surface area contributed by atoms with Crippen LogP contribution in [-0.2, 0) is 14.3 Å². The van der Waals surface area contributed by atoms with E-state index < -0.39 is 23.9 Å². The summed E-state index contributed by atoms with van der Waals surface area (Å²) in [5.41, 5.74) is 4.99. The number of primary amides is 1. The molecule has 1 heterocycles. The number of amides is 3. The molecule has 0 spiro atoms. The number of nitrogens with one attached hydrogen (secondary N) is 2. The van der Waals surface area contributed by atoms with E-state index in [0.717, 1.165) is 19.3 Å². The van der Waals surface area contributed by atoms with E-state index in [1.165, 1.54) is 0 Å². The van der Waals surface area contributed by atoms with Gasteiger partial charge in [-0.05, 0) is 31.6 Å². The monoisotopic (exact) mass is 299 g/mol. The summed E-state index contributed by atoms with van der Waals surface area (Å²) in [5.74, 6) is -1.28. The Labute approximate surface area is 122 Å². The molecule has 0 radical (unpaired) electrons. The Morgan fingerprint density at radius 3 is 2.57 bits per heavy atom. The molecule has 2 fully saturated rings. The Balaban J connectivity index is 1.80. The van der Waals surface area contributed by atoms with Crippen molar-refractivity contribution in [1.29, 1.82) is 0 Å². The van der Waals surface area contributed by atoms with Crippen molar-refractivity contribution < 1.29 is 24.2 Å². The minimum atomic E-state index is -1.19. The van der Waals surface area contributed by atoms with Crippen molar-refractivity contribution in [1.82, 2.24) is 10.6 Å². The number of nitrogens with two attached hydrogens (primary N) is 1. The Kier molecular flexibility index (Phi) is 5.00. The quantitative estimate of drug-likeness (QED) is 0.507. The molecule has 5 N–H and O–H groups in total. The summed E-state index contributed by atoms with van der Waals surface area (Å²) in [5, 5.41) is 14.2. The van der Waals surface area contributed by atoms with E-state index in [4.69, 9.17) is 15.6 Å². The third-order valence-corrected chi connectivity index (χ3v) is 3.82. The molecule has 3 atom stereocenters. The Morgan fingerprint density at radius 1 is 1.29 bits per heavy atom. The van der Waals surface area contributed by atoms with Crippen LogP contribution in [0.25, 0.3) is 0 Å². The number of carbonyl (C=O) groups is 3. The summed E-state index contributed by atoms with van der Waals surface area (Å²) in [6.07, 6.45) is 2.87. The minimum Gasteiger partial charge on any atom is -0.480 e. The maximum absolute atomic E-state index is 11.9. The lowest BCUT2D eigenvalue weighted by Crippen LogP contribution is -2.51.